The standard InChI is InChI=1S/C41H42O8/c1-4-5-18-27-40(31-19-10-6-11-20-31)48-38-37(46-30(3)43)36(45-29(2)42)35(47-39(38)49-40)28-44-41(32-21-12-7-13-22-32,33-23-14-8-15-24-33)34-25-16-9-17-26-34/h4,6-17,19-26,35-39H,1,5,18,27-28H2,2-3H3/t35-,36-,37+,38+,39+,40?/m1/s1. The van der Waals surface area contributed by atoms with Crippen molar-refractivity contribution >= 4 is 11.9 Å². The molecule has 0 spiro atoms. The number of esters is 2. The maximum Gasteiger partial charge on any atom is 0.303 e. The number of fused-ring (bicyclic) bond motifs is 1. The summed E-state index contributed by atoms with van der Waals surface area (Å²) in [7, 11) is 0. The molecular formula is C41H42O8. The predicted octanol–water partition coefficient (Wildman–Crippen LogP) is 7.21. The van der Waals surface area contributed by atoms with E-state index in [9.17, 15) is 9.59 Å². The number of hydrogen-bond acceptors (Lipinski definition) is 8. The number of carbonyl (C=O) groups excluding carboxylic acids is 2. The first-order valence-electron chi connectivity index (χ1n) is 16.7. The molecule has 2 heterocycles. The van der Waals surface area contributed by atoms with Gasteiger partial charge in [-0.2, -0.15) is 0 Å². The Morgan fingerprint density at radius 1 is 0.735 bits per heavy atom. The van der Waals surface area contributed by atoms with Crippen LogP contribution in [0.2, 0.25) is 0 Å². The molecule has 2 aliphatic heterocycles. The van der Waals surface area contributed by atoms with Crippen molar-refractivity contribution in [2.75, 3.05) is 6.61 Å². The Bertz CT molecular complexity index is 1580. The monoisotopic (exact) mass is 662 g/mol. The van der Waals surface area contributed by atoms with E-state index < -0.39 is 54.0 Å². The number of hydrogen-bond donors (Lipinski definition) is 0. The number of carbonyl (C=O) groups is 2. The summed E-state index contributed by atoms with van der Waals surface area (Å²) in [5.74, 6) is -2.31. The van der Waals surface area contributed by atoms with Crippen LogP contribution in [-0.4, -0.2) is 49.3 Å². The van der Waals surface area contributed by atoms with Gasteiger partial charge in [0.05, 0.1) is 6.61 Å². The van der Waals surface area contributed by atoms with Gasteiger partial charge in [0.1, 0.15) is 11.7 Å². The molecule has 2 saturated heterocycles. The molecule has 0 radical (unpaired) electrons. The van der Waals surface area contributed by atoms with Crippen molar-refractivity contribution in [3.8, 4) is 0 Å². The summed E-state index contributed by atoms with van der Waals surface area (Å²) in [5.41, 5.74) is 2.41. The van der Waals surface area contributed by atoms with E-state index >= 15 is 0 Å². The van der Waals surface area contributed by atoms with Gasteiger partial charge in [-0.3, -0.25) is 9.59 Å². The molecule has 0 amide bonds. The molecule has 2 aliphatic rings. The minimum Gasteiger partial charge on any atom is -0.456 e. The highest BCUT2D eigenvalue weighted by atomic mass is 16.8. The summed E-state index contributed by atoms with van der Waals surface area (Å²) in [6.07, 6.45) is -1.06. The summed E-state index contributed by atoms with van der Waals surface area (Å²) in [4.78, 5) is 25.2. The van der Waals surface area contributed by atoms with Crippen molar-refractivity contribution < 1.29 is 38.0 Å². The Labute approximate surface area is 287 Å². The maximum absolute atomic E-state index is 12.6. The molecule has 1 unspecified atom stereocenters. The summed E-state index contributed by atoms with van der Waals surface area (Å²) in [5, 5.41) is 0. The van der Waals surface area contributed by atoms with Crippen molar-refractivity contribution in [3.63, 3.8) is 0 Å². The molecular weight excluding hydrogens is 620 g/mol. The fraction of sp³-hybridized carbons (Fsp3) is 0.317. The molecule has 0 bridgehead atoms. The second kappa shape index (κ2) is 15.3. The van der Waals surface area contributed by atoms with E-state index in [2.05, 4.69) is 6.58 Å². The minimum absolute atomic E-state index is 0.0597. The van der Waals surface area contributed by atoms with Crippen LogP contribution in [0.25, 0.3) is 0 Å². The summed E-state index contributed by atoms with van der Waals surface area (Å²) < 4.78 is 39.0. The van der Waals surface area contributed by atoms with Crippen molar-refractivity contribution in [3.05, 3.63) is 156 Å². The van der Waals surface area contributed by atoms with E-state index in [1.165, 1.54) is 13.8 Å². The summed E-state index contributed by atoms with van der Waals surface area (Å²) >= 11 is 0. The molecule has 0 saturated carbocycles. The van der Waals surface area contributed by atoms with Crippen LogP contribution in [0.4, 0.5) is 0 Å². The van der Waals surface area contributed by atoms with Crippen LogP contribution in [-0.2, 0) is 49.4 Å². The molecule has 254 valence electrons. The quantitative estimate of drug-likeness (QED) is 0.0643. The SMILES string of the molecule is C=CCCCC1(c2ccccc2)O[C@@H]2O[C@H](COC(c3ccccc3)(c3ccccc3)c3ccccc3)[C@@H](OC(C)=O)[C@H](OC(C)=O)[C@@H]2O1. The van der Waals surface area contributed by atoms with Crippen LogP contribution in [0.1, 0.15) is 55.4 Å². The number of ether oxygens (including phenoxy) is 6. The summed E-state index contributed by atoms with van der Waals surface area (Å²) in [6.45, 7) is 6.43. The molecule has 0 aliphatic carbocycles. The van der Waals surface area contributed by atoms with Crippen LogP contribution in [0.15, 0.2) is 134 Å². The number of rotatable bonds is 13. The van der Waals surface area contributed by atoms with Crippen LogP contribution in [0.3, 0.4) is 0 Å². The zero-order valence-corrected chi connectivity index (χ0v) is 27.8. The Kier molecular flexibility index (Phi) is 10.7. The molecule has 0 aromatic heterocycles. The Morgan fingerprint density at radius 3 is 1.71 bits per heavy atom. The van der Waals surface area contributed by atoms with Crippen LogP contribution in [0, 0.1) is 0 Å². The van der Waals surface area contributed by atoms with Crippen LogP contribution < -0.4 is 0 Å². The van der Waals surface area contributed by atoms with Crippen molar-refractivity contribution in [2.24, 2.45) is 0 Å². The maximum atomic E-state index is 12.6. The van der Waals surface area contributed by atoms with E-state index in [0.29, 0.717) is 6.42 Å². The van der Waals surface area contributed by atoms with Gasteiger partial charge >= 0.3 is 11.9 Å². The zero-order chi connectivity index (χ0) is 34.3. The Balaban J connectivity index is 1.41. The number of benzene rings is 4. The molecule has 6 rings (SSSR count). The fourth-order valence-electron chi connectivity index (χ4n) is 6.87. The third-order valence-electron chi connectivity index (χ3n) is 8.96. The highest BCUT2D eigenvalue weighted by molar-refractivity contribution is 5.67. The molecule has 0 N–H and O–H groups in total. The molecule has 4 aromatic rings. The van der Waals surface area contributed by atoms with Crippen molar-refractivity contribution in [1.82, 2.24) is 0 Å². The minimum atomic E-state index is -1.20. The largest absolute Gasteiger partial charge is 0.456 e. The van der Waals surface area contributed by atoms with Gasteiger partial charge < -0.3 is 28.4 Å². The first-order chi connectivity index (χ1) is 23.9. The molecule has 4 aromatic carbocycles. The zero-order valence-electron chi connectivity index (χ0n) is 27.8. The lowest BCUT2D eigenvalue weighted by Gasteiger charge is -2.43. The van der Waals surface area contributed by atoms with Gasteiger partial charge in [0.15, 0.2) is 30.4 Å². The third-order valence-corrected chi connectivity index (χ3v) is 8.96. The second-order valence-electron chi connectivity index (χ2n) is 12.3. The van der Waals surface area contributed by atoms with Gasteiger partial charge in [-0.05, 0) is 29.5 Å². The highest BCUT2D eigenvalue weighted by Crippen LogP contribution is 2.47. The van der Waals surface area contributed by atoms with E-state index in [1.54, 1.807) is 0 Å². The van der Waals surface area contributed by atoms with Gasteiger partial charge in [0.2, 0.25) is 0 Å². The summed E-state index contributed by atoms with van der Waals surface area (Å²) in [6, 6.07) is 39.5. The molecule has 2 fully saturated rings. The number of allylic oxidation sites excluding steroid dienone is 1. The van der Waals surface area contributed by atoms with E-state index in [-0.39, 0.29) is 6.61 Å². The molecule has 6 atom stereocenters. The number of unbranched alkanes of at least 4 members (excludes halogenated alkanes) is 1. The van der Waals surface area contributed by atoms with Gasteiger partial charge in [0, 0.05) is 25.8 Å². The van der Waals surface area contributed by atoms with E-state index in [4.69, 9.17) is 28.4 Å². The first-order valence-corrected chi connectivity index (χ1v) is 16.7. The lowest BCUT2D eigenvalue weighted by molar-refractivity contribution is -0.274. The lowest BCUT2D eigenvalue weighted by Crippen LogP contribution is -2.60. The van der Waals surface area contributed by atoms with Crippen molar-refractivity contribution in [1.29, 1.82) is 0 Å². The smallest absolute Gasteiger partial charge is 0.303 e. The van der Waals surface area contributed by atoms with E-state index in [0.717, 1.165) is 35.1 Å². The van der Waals surface area contributed by atoms with E-state index in [1.807, 2.05) is 127 Å². The molecule has 8 heteroatoms. The second-order valence-corrected chi connectivity index (χ2v) is 12.3. The predicted molar refractivity (Wildman–Crippen MR) is 183 cm³/mol. The fourth-order valence-corrected chi connectivity index (χ4v) is 6.87. The van der Waals surface area contributed by atoms with Gasteiger partial charge in [-0.1, -0.05) is 127 Å². The first kappa shape index (κ1) is 34.3. The third kappa shape index (κ3) is 7.23. The Hall–Kier alpha value is -4.60. The normalized spacial score (nSPS) is 24.8. The lowest BCUT2D eigenvalue weighted by atomic mass is 9.80. The molecule has 8 nitrogen and oxygen atoms in total. The van der Waals surface area contributed by atoms with Crippen LogP contribution in [0.5, 0.6) is 0 Å². The topological polar surface area (TPSA) is 89.5 Å². The average molecular weight is 663 g/mol. The van der Waals surface area contributed by atoms with Gasteiger partial charge in [0.25, 0.3) is 0 Å². The average Bonchev–Trinajstić information content (AvgIpc) is 3.51. The Morgan fingerprint density at radius 2 is 1.22 bits per heavy atom. The van der Waals surface area contributed by atoms with Crippen LogP contribution >= 0.6 is 0 Å². The highest BCUT2D eigenvalue weighted by Gasteiger charge is 2.60. The molecule has 49 heavy (non-hydrogen) atoms. The van der Waals surface area contributed by atoms with Crippen molar-refractivity contribution in [2.45, 2.75) is 75.2 Å². The van der Waals surface area contributed by atoms with Gasteiger partial charge in [-0.25, -0.2) is 0 Å². The van der Waals surface area contributed by atoms with Gasteiger partial charge in [-0.15, -0.1) is 6.58 Å².